The van der Waals surface area contributed by atoms with E-state index in [-0.39, 0.29) is 11.6 Å². The van der Waals surface area contributed by atoms with E-state index in [1.54, 1.807) is 24.4 Å². The van der Waals surface area contributed by atoms with E-state index in [1.165, 1.54) is 24.3 Å². The summed E-state index contributed by atoms with van der Waals surface area (Å²) in [5, 5.41) is 3.91. The van der Waals surface area contributed by atoms with Crippen LogP contribution in [0.3, 0.4) is 0 Å². The third-order valence-corrected chi connectivity index (χ3v) is 4.16. The molecule has 2 aromatic carbocycles. The molecule has 120 valence electrons. The van der Waals surface area contributed by atoms with Crippen molar-refractivity contribution in [3.8, 4) is 0 Å². The lowest BCUT2D eigenvalue weighted by Crippen LogP contribution is -2.37. The van der Waals surface area contributed by atoms with Gasteiger partial charge in [-0.05, 0) is 61.0 Å². The summed E-state index contributed by atoms with van der Waals surface area (Å²) in [6.07, 6.45) is 5.58. The number of hydrogen-bond donors (Lipinski definition) is 0. The second-order valence-electron chi connectivity index (χ2n) is 5.72. The zero-order valence-corrected chi connectivity index (χ0v) is 13.1. The van der Waals surface area contributed by atoms with Gasteiger partial charge in [0.25, 0.3) is 0 Å². The average Bonchev–Trinajstić information content (AvgIpc) is 3.02. The fraction of sp³-hybridized carbons (Fsp3) is 0.105. The Labute approximate surface area is 138 Å². The first-order valence-electron chi connectivity index (χ1n) is 7.68. The summed E-state index contributed by atoms with van der Waals surface area (Å²) in [7, 11) is 0. The van der Waals surface area contributed by atoms with E-state index in [9.17, 15) is 8.78 Å². The van der Waals surface area contributed by atoms with Gasteiger partial charge < -0.3 is 0 Å². The van der Waals surface area contributed by atoms with Crippen molar-refractivity contribution in [1.82, 2.24) is 5.01 Å². The minimum absolute atomic E-state index is 0.279. The summed E-state index contributed by atoms with van der Waals surface area (Å²) in [5.74, 6) is 0.219. The van der Waals surface area contributed by atoms with Gasteiger partial charge in [0.2, 0.25) is 0 Å². The number of nitrogens with zero attached hydrogens (tertiary/aromatic N) is 3. The van der Waals surface area contributed by atoms with Gasteiger partial charge in [-0.3, -0.25) is 5.01 Å². The molecule has 0 spiro atoms. The number of anilines is 1. The van der Waals surface area contributed by atoms with Crippen LogP contribution in [0.1, 0.15) is 11.1 Å². The summed E-state index contributed by atoms with van der Waals surface area (Å²) in [5.41, 5.74) is 3.50. The van der Waals surface area contributed by atoms with Crippen LogP contribution >= 0.6 is 0 Å². The molecule has 0 aromatic heterocycles. The number of benzene rings is 2. The van der Waals surface area contributed by atoms with Crippen LogP contribution in [0.4, 0.5) is 14.5 Å². The Morgan fingerprint density at radius 3 is 2.54 bits per heavy atom. The van der Waals surface area contributed by atoms with Gasteiger partial charge in [0.05, 0.1) is 17.9 Å². The SMILES string of the molecule is Cc1ccc(F)cc1N1CC=C2N=CC=C(c3ccc(F)cc3)N21. The summed E-state index contributed by atoms with van der Waals surface area (Å²) in [6, 6.07) is 11.1. The Bertz CT molecular complexity index is 882. The Balaban J connectivity index is 1.78. The van der Waals surface area contributed by atoms with E-state index in [0.29, 0.717) is 6.54 Å². The van der Waals surface area contributed by atoms with Crippen LogP contribution in [0.5, 0.6) is 0 Å². The molecular formula is C19H15F2N3. The monoisotopic (exact) mass is 323 g/mol. The molecule has 5 heteroatoms. The Kier molecular flexibility index (Phi) is 3.41. The highest BCUT2D eigenvalue weighted by atomic mass is 19.1. The summed E-state index contributed by atoms with van der Waals surface area (Å²) in [4.78, 5) is 4.39. The molecule has 2 aromatic rings. The van der Waals surface area contributed by atoms with Crippen molar-refractivity contribution in [3.05, 3.63) is 83.2 Å². The fourth-order valence-corrected chi connectivity index (χ4v) is 2.98. The summed E-state index contributed by atoms with van der Waals surface area (Å²) >= 11 is 0. The van der Waals surface area contributed by atoms with E-state index in [4.69, 9.17) is 0 Å². The predicted octanol–water partition coefficient (Wildman–Crippen LogP) is 4.28. The zero-order valence-electron chi connectivity index (χ0n) is 13.1. The number of hydrazine groups is 1. The molecule has 0 saturated carbocycles. The lowest BCUT2D eigenvalue weighted by Gasteiger charge is -2.36. The molecule has 0 N–H and O–H groups in total. The maximum atomic E-state index is 13.7. The van der Waals surface area contributed by atoms with Gasteiger partial charge in [-0.25, -0.2) is 18.8 Å². The van der Waals surface area contributed by atoms with E-state index in [0.717, 1.165) is 28.3 Å². The molecule has 24 heavy (non-hydrogen) atoms. The molecule has 2 heterocycles. The van der Waals surface area contributed by atoms with Crippen LogP contribution in [0.15, 0.2) is 65.4 Å². The first-order valence-corrected chi connectivity index (χ1v) is 7.68. The summed E-state index contributed by atoms with van der Waals surface area (Å²) < 4.78 is 27.0. The molecule has 4 rings (SSSR count). The predicted molar refractivity (Wildman–Crippen MR) is 91.3 cm³/mol. The van der Waals surface area contributed by atoms with Crippen molar-refractivity contribution < 1.29 is 8.78 Å². The Hall–Kier alpha value is -2.95. The average molecular weight is 323 g/mol. The first kappa shape index (κ1) is 14.6. The molecule has 0 radical (unpaired) electrons. The second-order valence-corrected chi connectivity index (χ2v) is 5.72. The van der Waals surface area contributed by atoms with Crippen molar-refractivity contribution >= 4 is 17.6 Å². The first-order chi connectivity index (χ1) is 11.6. The number of hydrogen-bond acceptors (Lipinski definition) is 3. The molecular weight excluding hydrogens is 308 g/mol. The van der Waals surface area contributed by atoms with Gasteiger partial charge >= 0.3 is 0 Å². The van der Waals surface area contributed by atoms with E-state index in [2.05, 4.69) is 4.99 Å². The molecule has 2 aliphatic rings. The van der Waals surface area contributed by atoms with Gasteiger partial charge in [0.1, 0.15) is 17.5 Å². The third-order valence-electron chi connectivity index (χ3n) is 4.16. The number of aryl methyl sites for hydroxylation is 1. The number of allylic oxidation sites excluding steroid dienone is 1. The second kappa shape index (κ2) is 5.60. The van der Waals surface area contributed by atoms with Crippen molar-refractivity contribution in [2.75, 3.05) is 11.6 Å². The highest BCUT2D eigenvalue weighted by Gasteiger charge is 2.30. The topological polar surface area (TPSA) is 18.8 Å². The lowest BCUT2D eigenvalue weighted by atomic mass is 10.1. The van der Waals surface area contributed by atoms with Gasteiger partial charge in [-0.1, -0.05) is 6.07 Å². The maximum Gasteiger partial charge on any atom is 0.149 e. The van der Waals surface area contributed by atoms with Crippen molar-refractivity contribution in [1.29, 1.82) is 0 Å². The van der Waals surface area contributed by atoms with Crippen LogP contribution in [-0.4, -0.2) is 17.8 Å². The van der Waals surface area contributed by atoms with Crippen LogP contribution in [0.25, 0.3) is 5.70 Å². The molecule has 0 aliphatic carbocycles. The Morgan fingerprint density at radius 1 is 1.00 bits per heavy atom. The fourth-order valence-electron chi connectivity index (χ4n) is 2.98. The van der Waals surface area contributed by atoms with E-state index in [1.807, 2.05) is 29.1 Å². The van der Waals surface area contributed by atoms with Gasteiger partial charge in [0, 0.05) is 11.8 Å². The number of rotatable bonds is 2. The largest absolute Gasteiger partial charge is 0.275 e. The molecule has 0 bridgehead atoms. The summed E-state index contributed by atoms with van der Waals surface area (Å²) in [6.45, 7) is 2.54. The van der Waals surface area contributed by atoms with E-state index >= 15 is 0 Å². The van der Waals surface area contributed by atoms with Gasteiger partial charge in [-0.15, -0.1) is 0 Å². The third kappa shape index (κ3) is 2.38. The molecule has 3 nitrogen and oxygen atoms in total. The van der Waals surface area contributed by atoms with E-state index < -0.39 is 0 Å². The van der Waals surface area contributed by atoms with Crippen LogP contribution < -0.4 is 5.01 Å². The van der Waals surface area contributed by atoms with Crippen LogP contribution in [0, 0.1) is 18.6 Å². The highest BCUT2D eigenvalue weighted by Crippen LogP contribution is 2.36. The molecule has 2 aliphatic heterocycles. The minimum Gasteiger partial charge on any atom is -0.275 e. The normalized spacial score (nSPS) is 16.1. The van der Waals surface area contributed by atoms with Gasteiger partial charge in [0.15, 0.2) is 0 Å². The van der Waals surface area contributed by atoms with Gasteiger partial charge in [-0.2, -0.15) is 0 Å². The molecule has 0 atom stereocenters. The lowest BCUT2D eigenvalue weighted by molar-refractivity contribution is 0.483. The number of fused-ring (bicyclic) bond motifs is 1. The smallest absolute Gasteiger partial charge is 0.149 e. The molecule has 0 fully saturated rings. The van der Waals surface area contributed by atoms with Crippen molar-refractivity contribution in [2.45, 2.75) is 6.92 Å². The minimum atomic E-state index is -0.281. The van der Waals surface area contributed by atoms with Crippen molar-refractivity contribution in [3.63, 3.8) is 0 Å². The number of halogens is 2. The zero-order chi connectivity index (χ0) is 16.7. The highest BCUT2D eigenvalue weighted by molar-refractivity contribution is 5.88. The number of aliphatic imine (C=N–C) groups is 1. The van der Waals surface area contributed by atoms with Crippen LogP contribution in [-0.2, 0) is 0 Å². The molecule has 0 amide bonds. The van der Waals surface area contributed by atoms with Crippen LogP contribution in [0.2, 0.25) is 0 Å². The molecule has 0 unspecified atom stereocenters. The molecule has 0 saturated heterocycles. The Morgan fingerprint density at radius 2 is 1.75 bits per heavy atom. The maximum absolute atomic E-state index is 13.7. The van der Waals surface area contributed by atoms with Crippen molar-refractivity contribution in [2.24, 2.45) is 4.99 Å². The standard InChI is InChI=1S/C19H15F2N3/c1-13-2-5-16(21)12-18(13)23-11-9-19-22-10-8-17(24(19)23)14-3-6-15(20)7-4-14/h2-10,12H,11H2,1H3. The quantitative estimate of drug-likeness (QED) is 0.821.